The minimum atomic E-state index is 0.421. The fourth-order valence-corrected chi connectivity index (χ4v) is 2.68. The molecule has 0 bridgehead atoms. The summed E-state index contributed by atoms with van der Waals surface area (Å²) >= 11 is 0. The molecule has 0 aliphatic carbocycles. The molecule has 21 heavy (non-hydrogen) atoms. The van der Waals surface area contributed by atoms with Crippen LogP contribution in [0.1, 0.15) is 48.1 Å². The van der Waals surface area contributed by atoms with Crippen LogP contribution in [0.3, 0.4) is 0 Å². The van der Waals surface area contributed by atoms with Crippen LogP contribution >= 0.6 is 0 Å². The predicted octanol–water partition coefficient (Wildman–Crippen LogP) is 4.37. The monoisotopic (exact) mass is 282 g/mol. The number of nitrogens with zero attached hydrogens (tertiary/aromatic N) is 1. The average molecular weight is 282 g/mol. The van der Waals surface area contributed by atoms with E-state index in [-0.39, 0.29) is 0 Å². The number of nitrogens with one attached hydrogen (secondary N) is 1. The smallest absolute Gasteiger partial charge is 0.0326 e. The van der Waals surface area contributed by atoms with Crippen molar-refractivity contribution < 1.29 is 0 Å². The maximum Gasteiger partial charge on any atom is 0.0326 e. The van der Waals surface area contributed by atoms with Crippen LogP contribution in [0.25, 0.3) is 0 Å². The van der Waals surface area contributed by atoms with Gasteiger partial charge in [0.1, 0.15) is 0 Å². The summed E-state index contributed by atoms with van der Waals surface area (Å²) in [5.41, 5.74) is 5.46. The first-order valence-corrected chi connectivity index (χ1v) is 7.90. The Morgan fingerprint density at radius 2 is 2.05 bits per heavy atom. The molecular weight excluding hydrogens is 256 g/mol. The third kappa shape index (κ3) is 4.68. The maximum atomic E-state index is 4.21. The molecule has 112 valence electrons. The molecule has 2 aromatic rings. The summed E-state index contributed by atoms with van der Waals surface area (Å²) in [6, 6.07) is 11.3. The molecule has 0 aliphatic heterocycles. The van der Waals surface area contributed by atoms with Gasteiger partial charge in [0, 0.05) is 18.4 Å². The summed E-state index contributed by atoms with van der Waals surface area (Å²) in [4.78, 5) is 4.21. The SMILES string of the molecule is CCCNC(CCc1cccnc1)c1cc(C)ccc1C. The number of hydrogen-bond donors (Lipinski definition) is 1. The fourth-order valence-electron chi connectivity index (χ4n) is 2.68. The van der Waals surface area contributed by atoms with E-state index < -0.39 is 0 Å². The molecule has 0 spiro atoms. The minimum Gasteiger partial charge on any atom is -0.310 e. The van der Waals surface area contributed by atoms with Crippen LogP contribution in [0.15, 0.2) is 42.7 Å². The van der Waals surface area contributed by atoms with Crippen LogP contribution in [0.4, 0.5) is 0 Å². The van der Waals surface area contributed by atoms with E-state index in [1.165, 1.54) is 22.3 Å². The lowest BCUT2D eigenvalue weighted by Crippen LogP contribution is -2.23. The van der Waals surface area contributed by atoms with Gasteiger partial charge in [-0.25, -0.2) is 0 Å². The van der Waals surface area contributed by atoms with Gasteiger partial charge in [-0.05, 0) is 62.4 Å². The zero-order valence-corrected chi connectivity index (χ0v) is 13.4. The van der Waals surface area contributed by atoms with E-state index in [0.717, 1.165) is 25.8 Å². The largest absolute Gasteiger partial charge is 0.310 e. The summed E-state index contributed by atoms with van der Waals surface area (Å²) in [6.07, 6.45) is 7.13. The lowest BCUT2D eigenvalue weighted by Gasteiger charge is -2.21. The number of hydrogen-bond acceptors (Lipinski definition) is 2. The molecule has 1 aromatic carbocycles. The molecule has 0 amide bonds. The molecule has 1 unspecified atom stereocenters. The first kappa shape index (κ1) is 15.7. The van der Waals surface area contributed by atoms with Gasteiger partial charge in [0.25, 0.3) is 0 Å². The van der Waals surface area contributed by atoms with Gasteiger partial charge in [0.05, 0.1) is 0 Å². The second-order valence-electron chi connectivity index (χ2n) is 5.77. The Morgan fingerprint density at radius 1 is 1.19 bits per heavy atom. The van der Waals surface area contributed by atoms with E-state index in [1.54, 1.807) is 0 Å². The molecule has 1 atom stereocenters. The Balaban J connectivity index is 2.12. The first-order valence-electron chi connectivity index (χ1n) is 7.90. The highest BCUT2D eigenvalue weighted by atomic mass is 14.9. The van der Waals surface area contributed by atoms with Crippen LogP contribution in [0, 0.1) is 13.8 Å². The van der Waals surface area contributed by atoms with Crippen LogP contribution in [0.2, 0.25) is 0 Å². The van der Waals surface area contributed by atoms with Crippen molar-refractivity contribution in [2.45, 2.75) is 46.1 Å². The lowest BCUT2D eigenvalue weighted by atomic mass is 9.94. The zero-order chi connectivity index (χ0) is 15.1. The molecule has 0 fully saturated rings. The predicted molar refractivity (Wildman–Crippen MR) is 89.5 cm³/mol. The van der Waals surface area contributed by atoms with Crippen molar-refractivity contribution in [3.05, 3.63) is 65.0 Å². The molecule has 0 radical (unpaired) electrons. The van der Waals surface area contributed by atoms with Gasteiger partial charge in [-0.2, -0.15) is 0 Å². The highest BCUT2D eigenvalue weighted by Gasteiger charge is 2.13. The van der Waals surface area contributed by atoms with Crippen molar-refractivity contribution in [3.8, 4) is 0 Å². The second-order valence-corrected chi connectivity index (χ2v) is 5.77. The van der Waals surface area contributed by atoms with Gasteiger partial charge >= 0.3 is 0 Å². The Bertz CT molecular complexity index is 549. The Hall–Kier alpha value is -1.67. The molecule has 0 aliphatic rings. The number of aryl methyl sites for hydroxylation is 3. The van der Waals surface area contributed by atoms with Crippen molar-refractivity contribution in [1.29, 1.82) is 0 Å². The molecule has 1 N–H and O–H groups in total. The van der Waals surface area contributed by atoms with Crippen LogP contribution in [-0.2, 0) is 6.42 Å². The number of rotatable bonds is 7. The first-order chi connectivity index (χ1) is 10.2. The van der Waals surface area contributed by atoms with E-state index in [2.05, 4.69) is 55.3 Å². The van der Waals surface area contributed by atoms with Crippen molar-refractivity contribution in [2.75, 3.05) is 6.54 Å². The zero-order valence-electron chi connectivity index (χ0n) is 13.4. The topological polar surface area (TPSA) is 24.9 Å². The molecule has 0 saturated heterocycles. The average Bonchev–Trinajstić information content (AvgIpc) is 2.51. The van der Waals surface area contributed by atoms with Crippen molar-refractivity contribution in [1.82, 2.24) is 10.3 Å². The molecule has 1 aromatic heterocycles. The van der Waals surface area contributed by atoms with E-state index in [1.807, 2.05) is 18.5 Å². The quantitative estimate of drug-likeness (QED) is 0.815. The van der Waals surface area contributed by atoms with Gasteiger partial charge in [-0.3, -0.25) is 4.98 Å². The lowest BCUT2D eigenvalue weighted by molar-refractivity contribution is 0.497. The van der Waals surface area contributed by atoms with Gasteiger partial charge < -0.3 is 5.32 Å². The third-order valence-corrected chi connectivity index (χ3v) is 3.90. The van der Waals surface area contributed by atoms with Crippen LogP contribution in [-0.4, -0.2) is 11.5 Å². The van der Waals surface area contributed by atoms with Gasteiger partial charge in [-0.1, -0.05) is 36.8 Å². The fraction of sp³-hybridized carbons (Fsp3) is 0.421. The second kappa shape index (κ2) is 7.94. The van der Waals surface area contributed by atoms with Crippen molar-refractivity contribution in [3.63, 3.8) is 0 Å². The Morgan fingerprint density at radius 3 is 2.76 bits per heavy atom. The summed E-state index contributed by atoms with van der Waals surface area (Å²) in [6.45, 7) is 7.65. The molecule has 2 nitrogen and oxygen atoms in total. The third-order valence-electron chi connectivity index (χ3n) is 3.90. The van der Waals surface area contributed by atoms with Crippen LogP contribution in [0.5, 0.6) is 0 Å². The maximum absolute atomic E-state index is 4.21. The molecule has 1 heterocycles. The number of pyridine rings is 1. The molecular formula is C19H26N2. The highest BCUT2D eigenvalue weighted by Crippen LogP contribution is 2.23. The summed E-state index contributed by atoms with van der Waals surface area (Å²) in [5.74, 6) is 0. The van der Waals surface area contributed by atoms with Crippen molar-refractivity contribution in [2.24, 2.45) is 0 Å². The van der Waals surface area contributed by atoms with Gasteiger partial charge in [-0.15, -0.1) is 0 Å². The van der Waals surface area contributed by atoms with Gasteiger partial charge in [0.2, 0.25) is 0 Å². The number of benzene rings is 1. The molecule has 2 heteroatoms. The van der Waals surface area contributed by atoms with Gasteiger partial charge in [0.15, 0.2) is 0 Å². The number of aromatic nitrogens is 1. The highest BCUT2D eigenvalue weighted by molar-refractivity contribution is 5.33. The standard InChI is InChI=1S/C19H26N2/c1-4-11-21-19(10-9-17-6-5-12-20-14-17)18-13-15(2)7-8-16(18)3/h5-8,12-14,19,21H,4,9-11H2,1-3H3. The minimum absolute atomic E-state index is 0.421. The van der Waals surface area contributed by atoms with Crippen molar-refractivity contribution >= 4 is 0 Å². The summed E-state index contributed by atoms with van der Waals surface area (Å²) in [5, 5.41) is 3.70. The molecule has 0 saturated carbocycles. The molecule has 2 rings (SSSR count). The summed E-state index contributed by atoms with van der Waals surface area (Å²) in [7, 11) is 0. The van der Waals surface area contributed by atoms with E-state index >= 15 is 0 Å². The summed E-state index contributed by atoms with van der Waals surface area (Å²) < 4.78 is 0. The van der Waals surface area contributed by atoms with E-state index in [9.17, 15) is 0 Å². The van der Waals surface area contributed by atoms with Crippen LogP contribution < -0.4 is 5.32 Å². The van der Waals surface area contributed by atoms with E-state index in [0.29, 0.717) is 6.04 Å². The Kier molecular flexibility index (Phi) is 5.94. The Labute approximate surface area is 128 Å². The normalized spacial score (nSPS) is 12.3. The van der Waals surface area contributed by atoms with E-state index in [4.69, 9.17) is 0 Å².